The zero-order valence-corrected chi connectivity index (χ0v) is 14.9. The highest BCUT2D eigenvalue weighted by Gasteiger charge is 2.58. The number of fused-ring (bicyclic) bond motifs is 5. The first kappa shape index (κ1) is 15.3. The zero-order valence-electron chi connectivity index (χ0n) is 14.0. The lowest BCUT2D eigenvalue weighted by molar-refractivity contribution is -0.103. The van der Waals surface area contributed by atoms with E-state index in [1.807, 2.05) is 0 Å². The second-order valence-electron chi connectivity index (χ2n) is 8.83. The highest BCUT2D eigenvalue weighted by Crippen LogP contribution is 2.64. The van der Waals surface area contributed by atoms with Gasteiger partial charge in [-0.15, -0.1) is 0 Å². The van der Waals surface area contributed by atoms with Crippen LogP contribution in [0.1, 0.15) is 52.4 Å². The van der Waals surface area contributed by atoms with Crippen molar-refractivity contribution in [1.82, 2.24) is 0 Å². The Labute approximate surface area is 140 Å². The van der Waals surface area contributed by atoms with Crippen molar-refractivity contribution < 1.29 is 5.11 Å². The Balaban J connectivity index is 1.71. The van der Waals surface area contributed by atoms with E-state index in [4.69, 9.17) is 0 Å². The van der Waals surface area contributed by atoms with E-state index >= 15 is 0 Å². The third-order valence-corrected chi connectivity index (χ3v) is 8.09. The Morgan fingerprint density at radius 3 is 2.91 bits per heavy atom. The monoisotopic (exact) mass is 318 g/mol. The molecule has 7 atom stereocenters. The molecular formula is C20H30OS. The first-order chi connectivity index (χ1) is 10.5. The summed E-state index contributed by atoms with van der Waals surface area (Å²) in [5.41, 5.74) is 2.08. The smallest absolute Gasteiger partial charge is 0.0587 e. The molecule has 0 aromatic carbocycles. The Bertz CT molecular complexity index is 524. The molecule has 0 bridgehead atoms. The highest BCUT2D eigenvalue weighted by atomic mass is 32.1. The summed E-state index contributed by atoms with van der Waals surface area (Å²) in [7, 11) is 0. The zero-order chi connectivity index (χ0) is 15.5. The summed E-state index contributed by atoms with van der Waals surface area (Å²) in [5.74, 6) is 3.38. The van der Waals surface area contributed by atoms with Crippen molar-refractivity contribution in [1.29, 1.82) is 0 Å². The molecule has 0 aromatic heterocycles. The van der Waals surface area contributed by atoms with Crippen molar-refractivity contribution in [3.63, 3.8) is 0 Å². The summed E-state index contributed by atoms with van der Waals surface area (Å²) in [5, 5.41) is 11.1. The molecule has 0 radical (unpaired) electrons. The van der Waals surface area contributed by atoms with E-state index in [0.717, 1.165) is 24.0 Å². The van der Waals surface area contributed by atoms with Crippen molar-refractivity contribution >= 4 is 12.6 Å². The fourth-order valence-corrected chi connectivity index (χ4v) is 6.87. The predicted octanol–water partition coefficient (Wildman–Crippen LogP) is 4.63. The van der Waals surface area contributed by atoms with Crippen LogP contribution in [-0.4, -0.2) is 17.0 Å². The van der Waals surface area contributed by atoms with Gasteiger partial charge in [0, 0.05) is 23.0 Å². The van der Waals surface area contributed by atoms with Gasteiger partial charge in [0.05, 0.1) is 6.10 Å². The van der Waals surface area contributed by atoms with Crippen LogP contribution in [0.3, 0.4) is 0 Å². The number of allylic oxidation sites excluding steroid dienone is 4. The van der Waals surface area contributed by atoms with E-state index in [9.17, 15) is 5.11 Å². The second-order valence-corrected chi connectivity index (χ2v) is 9.20. The van der Waals surface area contributed by atoms with Crippen molar-refractivity contribution in [2.75, 3.05) is 5.75 Å². The van der Waals surface area contributed by atoms with Gasteiger partial charge in [0.2, 0.25) is 0 Å². The van der Waals surface area contributed by atoms with Crippen molar-refractivity contribution in [3.8, 4) is 0 Å². The van der Waals surface area contributed by atoms with Crippen LogP contribution in [0.4, 0.5) is 0 Å². The molecule has 0 aromatic rings. The maximum Gasteiger partial charge on any atom is 0.0587 e. The van der Waals surface area contributed by atoms with Crippen LogP contribution in [0.5, 0.6) is 0 Å². The first-order valence-corrected chi connectivity index (χ1v) is 9.81. The van der Waals surface area contributed by atoms with E-state index in [-0.39, 0.29) is 11.5 Å². The molecule has 122 valence electrons. The van der Waals surface area contributed by atoms with Crippen LogP contribution in [-0.2, 0) is 0 Å². The van der Waals surface area contributed by atoms with Gasteiger partial charge in [-0.05, 0) is 49.4 Å². The molecule has 4 aliphatic rings. The Hall–Kier alpha value is -0.210. The summed E-state index contributed by atoms with van der Waals surface area (Å²) in [6, 6.07) is 0. The van der Waals surface area contributed by atoms with Gasteiger partial charge in [0.15, 0.2) is 0 Å². The molecule has 4 rings (SSSR count). The molecule has 0 saturated heterocycles. The van der Waals surface area contributed by atoms with E-state index in [2.05, 4.69) is 44.7 Å². The lowest BCUT2D eigenvalue weighted by Gasteiger charge is -2.58. The summed E-state index contributed by atoms with van der Waals surface area (Å²) in [4.78, 5) is 0. The third kappa shape index (κ3) is 2.02. The van der Waals surface area contributed by atoms with Crippen molar-refractivity contribution in [2.24, 2.45) is 34.5 Å². The molecule has 1 unspecified atom stereocenters. The molecule has 3 saturated carbocycles. The van der Waals surface area contributed by atoms with E-state index in [1.54, 1.807) is 5.57 Å². The molecule has 1 nitrogen and oxygen atoms in total. The predicted molar refractivity (Wildman–Crippen MR) is 95.0 cm³/mol. The van der Waals surface area contributed by atoms with Crippen LogP contribution >= 0.6 is 12.6 Å². The van der Waals surface area contributed by atoms with Gasteiger partial charge in [0.1, 0.15) is 0 Å². The van der Waals surface area contributed by atoms with E-state index in [0.29, 0.717) is 17.3 Å². The van der Waals surface area contributed by atoms with Crippen LogP contribution in [0, 0.1) is 34.5 Å². The maximum absolute atomic E-state index is 11.1. The summed E-state index contributed by atoms with van der Waals surface area (Å²) in [6.07, 6.45) is 14.7. The van der Waals surface area contributed by atoms with Gasteiger partial charge in [0.25, 0.3) is 0 Å². The van der Waals surface area contributed by atoms with Gasteiger partial charge in [-0.1, -0.05) is 44.1 Å². The minimum atomic E-state index is -0.129. The molecule has 4 aliphatic carbocycles. The van der Waals surface area contributed by atoms with Gasteiger partial charge < -0.3 is 5.11 Å². The van der Waals surface area contributed by atoms with E-state index < -0.39 is 0 Å². The van der Waals surface area contributed by atoms with Gasteiger partial charge in [-0.2, -0.15) is 12.6 Å². The Morgan fingerprint density at radius 2 is 2.14 bits per heavy atom. The van der Waals surface area contributed by atoms with Crippen LogP contribution in [0.15, 0.2) is 23.8 Å². The standard InChI is InChI=1S/C20H30OS/c1-19-8-3-4-16(19)15-6-5-14-10-13(12-22)7-9-20(14,2)18(15)17(21)11-19/h7,9-10,13,15-18,21-22H,3-6,8,11-12H2,1-2H3/t13?,15-,16-,17-,18+,19-,20-/m0/s1. The number of hydrogen-bond acceptors (Lipinski definition) is 2. The van der Waals surface area contributed by atoms with Gasteiger partial charge in [-0.25, -0.2) is 0 Å². The second kappa shape index (κ2) is 5.14. The SMILES string of the molecule is C[C@@]12CCC[C@H]1[C@@H]1CCC3=CC(CS)C=C[C@]3(C)[C@H]1[C@@H](O)C2. The molecule has 0 aliphatic heterocycles. The average molecular weight is 319 g/mol. The molecule has 1 N–H and O–H groups in total. The first-order valence-electron chi connectivity index (χ1n) is 9.17. The molecule has 22 heavy (non-hydrogen) atoms. The van der Waals surface area contributed by atoms with Crippen molar-refractivity contribution in [3.05, 3.63) is 23.8 Å². The molecule has 0 spiro atoms. The minimum Gasteiger partial charge on any atom is -0.393 e. The normalized spacial score (nSPS) is 53.5. The lowest BCUT2D eigenvalue weighted by Crippen LogP contribution is -2.54. The quantitative estimate of drug-likeness (QED) is 0.533. The molecular weight excluding hydrogens is 288 g/mol. The number of rotatable bonds is 1. The number of thiol groups is 1. The third-order valence-electron chi connectivity index (χ3n) is 7.67. The topological polar surface area (TPSA) is 20.2 Å². The van der Waals surface area contributed by atoms with E-state index in [1.165, 1.54) is 32.1 Å². The number of aliphatic hydroxyl groups is 1. The average Bonchev–Trinajstić information content (AvgIpc) is 2.87. The Morgan fingerprint density at radius 1 is 1.32 bits per heavy atom. The number of aliphatic hydroxyl groups excluding tert-OH is 1. The fraction of sp³-hybridized carbons (Fsp3) is 0.800. The molecule has 0 amide bonds. The highest BCUT2D eigenvalue weighted by molar-refractivity contribution is 7.80. The summed E-state index contributed by atoms with van der Waals surface area (Å²) < 4.78 is 0. The molecule has 0 heterocycles. The van der Waals surface area contributed by atoms with Crippen LogP contribution in [0.25, 0.3) is 0 Å². The molecule has 3 fully saturated rings. The minimum absolute atomic E-state index is 0.0890. The maximum atomic E-state index is 11.1. The summed E-state index contributed by atoms with van der Waals surface area (Å²) in [6.45, 7) is 4.84. The van der Waals surface area contributed by atoms with Crippen molar-refractivity contribution in [2.45, 2.75) is 58.5 Å². The molecule has 2 heteroatoms. The fourth-order valence-electron chi connectivity index (χ4n) is 6.65. The van der Waals surface area contributed by atoms with Gasteiger partial charge in [-0.3, -0.25) is 0 Å². The van der Waals surface area contributed by atoms with Crippen LogP contribution in [0.2, 0.25) is 0 Å². The summed E-state index contributed by atoms with van der Waals surface area (Å²) >= 11 is 4.47. The van der Waals surface area contributed by atoms with Gasteiger partial charge >= 0.3 is 0 Å². The largest absolute Gasteiger partial charge is 0.393 e. The lowest BCUT2D eigenvalue weighted by atomic mass is 9.47. The van der Waals surface area contributed by atoms with Crippen LogP contribution < -0.4 is 0 Å². The Kier molecular flexibility index (Phi) is 3.58. The number of hydrogen-bond donors (Lipinski definition) is 2.